The molecule has 3 aromatic rings. The normalized spacial score (nSPS) is 13.5. The summed E-state index contributed by atoms with van der Waals surface area (Å²) in [5, 5.41) is 14.6. The molecule has 1 heterocycles. The third-order valence-electron chi connectivity index (χ3n) is 4.50. The number of rotatable bonds is 7. The number of aliphatic hydroxyl groups is 1. The van der Waals surface area contributed by atoms with E-state index in [9.17, 15) is 9.90 Å². The van der Waals surface area contributed by atoms with Gasteiger partial charge in [-0.1, -0.05) is 44.2 Å². The molecular weight excluding hydrogens is 358 g/mol. The van der Waals surface area contributed by atoms with Gasteiger partial charge in [0.25, 0.3) is 5.91 Å². The van der Waals surface area contributed by atoms with Crippen LogP contribution in [0.5, 0.6) is 5.75 Å². The summed E-state index contributed by atoms with van der Waals surface area (Å²) in [7, 11) is 0. The number of amides is 1. The predicted octanol–water partition coefficient (Wildman–Crippen LogP) is 4.43. The number of hydrogen-bond donors (Lipinski definition) is 2. The van der Waals surface area contributed by atoms with Crippen molar-refractivity contribution >= 4 is 27.3 Å². The van der Waals surface area contributed by atoms with Gasteiger partial charge in [0.05, 0.1) is 6.54 Å². The molecule has 2 aromatic carbocycles. The Morgan fingerprint density at radius 2 is 1.89 bits per heavy atom. The topological polar surface area (TPSA) is 58.6 Å². The molecule has 3 rings (SSSR count). The maximum Gasteiger partial charge on any atom is 0.258 e. The van der Waals surface area contributed by atoms with E-state index in [1.807, 2.05) is 54.6 Å². The van der Waals surface area contributed by atoms with Gasteiger partial charge in [-0.05, 0) is 48.1 Å². The van der Waals surface area contributed by atoms with Crippen molar-refractivity contribution in [2.75, 3.05) is 13.2 Å². The molecule has 0 radical (unpaired) electrons. The molecule has 1 aromatic heterocycles. The highest BCUT2D eigenvalue weighted by Crippen LogP contribution is 2.32. The van der Waals surface area contributed by atoms with Crippen LogP contribution in [0.2, 0.25) is 0 Å². The lowest BCUT2D eigenvalue weighted by molar-refractivity contribution is -0.124. The Morgan fingerprint density at radius 1 is 1.19 bits per heavy atom. The molecule has 0 fully saturated rings. The standard InChI is InChI=1S/C22H25NO3S/c1-15(2)16-8-10-18(11-9-16)26-13-21(24)23-14-22(3,25)20-12-17-6-4-5-7-19(17)27-20/h4-12,15,25H,13-14H2,1-3H3,(H,23,24). The zero-order valence-corrected chi connectivity index (χ0v) is 16.7. The van der Waals surface area contributed by atoms with Crippen LogP contribution < -0.4 is 10.1 Å². The van der Waals surface area contributed by atoms with Gasteiger partial charge in [-0.15, -0.1) is 11.3 Å². The number of ether oxygens (including phenoxy) is 1. The SMILES string of the molecule is CC(C)c1ccc(OCC(=O)NCC(C)(O)c2cc3ccccc3s2)cc1. The Kier molecular flexibility index (Phi) is 5.82. The van der Waals surface area contributed by atoms with E-state index in [-0.39, 0.29) is 19.1 Å². The largest absolute Gasteiger partial charge is 0.484 e. The summed E-state index contributed by atoms with van der Waals surface area (Å²) in [5.41, 5.74) is 0.101. The molecule has 0 saturated heterocycles. The van der Waals surface area contributed by atoms with E-state index in [0.29, 0.717) is 11.7 Å². The lowest BCUT2D eigenvalue weighted by atomic mass is 10.0. The fourth-order valence-corrected chi connectivity index (χ4v) is 3.86. The molecule has 2 N–H and O–H groups in total. The molecule has 27 heavy (non-hydrogen) atoms. The molecule has 1 unspecified atom stereocenters. The van der Waals surface area contributed by atoms with Gasteiger partial charge >= 0.3 is 0 Å². The molecule has 142 valence electrons. The van der Waals surface area contributed by atoms with Crippen molar-refractivity contribution in [1.82, 2.24) is 5.32 Å². The molecular formula is C22H25NO3S. The summed E-state index contributed by atoms with van der Waals surface area (Å²) < 4.78 is 6.65. The minimum atomic E-state index is -1.13. The van der Waals surface area contributed by atoms with E-state index >= 15 is 0 Å². The minimum absolute atomic E-state index is 0.0798. The van der Waals surface area contributed by atoms with E-state index in [2.05, 4.69) is 19.2 Å². The zero-order chi connectivity index (χ0) is 19.4. The molecule has 1 amide bonds. The van der Waals surface area contributed by atoms with Gasteiger partial charge in [0.15, 0.2) is 6.61 Å². The summed E-state index contributed by atoms with van der Waals surface area (Å²) in [6, 6.07) is 17.7. The van der Waals surface area contributed by atoms with E-state index in [4.69, 9.17) is 4.74 Å². The van der Waals surface area contributed by atoms with Crippen LogP contribution in [0.3, 0.4) is 0 Å². The van der Waals surface area contributed by atoms with Crippen LogP contribution in [0.15, 0.2) is 54.6 Å². The van der Waals surface area contributed by atoms with Crippen molar-refractivity contribution in [2.24, 2.45) is 0 Å². The van der Waals surface area contributed by atoms with Crippen LogP contribution in [0.25, 0.3) is 10.1 Å². The van der Waals surface area contributed by atoms with Crippen LogP contribution in [-0.4, -0.2) is 24.2 Å². The van der Waals surface area contributed by atoms with E-state index in [1.54, 1.807) is 6.92 Å². The van der Waals surface area contributed by atoms with Crippen molar-refractivity contribution in [2.45, 2.75) is 32.3 Å². The fraction of sp³-hybridized carbons (Fsp3) is 0.318. The number of nitrogens with one attached hydrogen (secondary N) is 1. The number of carbonyl (C=O) groups is 1. The maximum atomic E-state index is 12.1. The molecule has 0 aliphatic rings. The lowest BCUT2D eigenvalue weighted by Gasteiger charge is -2.22. The van der Waals surface area contributed by atoms with Crippen molar-refractivity contribution in [1.29, 1.82) is 0 Å². The average Bonchev–Trinajstić information content (AvgIpc) is 3.10. The second-order valence-electron chi connectivity index (χ2n) is 7.21. The minimum Gasteiger partial charge on any atom is -0.484 e. The molecule has 0 spiro atoms. The molecule has 0 bridgehead atoms. The first kappa shape index (κ1) is 19.4. The lowest BCUT2D eigenvalue weighted by Crippen LogP contribution is -2.40. The monoisotopic (exact) mass is 383 g/mol. The quantitative estimate of drug-likeness (QED) is 0.635. The fourth-order valence-electron chi connectivity index (χ4n) is 2.75. The highest BCUT2D eigenvalue weighted by molar-refractivity contribution is 7.19. The second kappa shape index (κ2) is 8.11. The van der Waals surface area contributed by atoms with E-state index < -0.39 is 5.60 Å². The first-order valence-electron chi connectivity index (χ1n) is 9.06. The summed E-state index contributed by atoms with van der Waals surface area (Å²) in [6.07, 6.45) is 0. The van der Waals surface area contributed by atoms with Gasteiger partial charge in [-0.2, -0.15) is 0 Å². The van der Waals surface area contributed by atoms with Gasteiger partial charge < -0.3 is 15.2 Å². The third-order valence-corrected chi connectivity index (χ3v) is 5.87. The van der Waals surface area contributed by atoms with Crippen molar-refractivity contribution in [3.63, 3.8) is 0 Å². The first-order valence-corrected chi connectivity index (χ1v) is 9.88. The van der Waals surface area contributed by atoms with Gasteiger partial charge in [0, 0.05) is 9.58 Å². The number of hydrogen-bond acceptors (Lipinski definition) is 4. The smallest absolute Gasteiger partial charge is 0.258 e. The van der Waals surface area contributed by atoms with Crippen LogP contribution in [-0.2, 0) is 10.4 Å². The number of thiophene rings is 1. The second-order valence-corrected chi connectivity index (χ2v) is 8.30. The van der Waals surface area contributed by atoms with E-state index in [0.717, 1.165) is 15.0 Å². The van der Waals surface area contributed by atoms with Crippen LogP contribution in [0.1, 0.15) is 37.1 Å². The molecule has 0 saturated carbocycles. The molecule has 5 heteroatoms. The molecule has 4 nitrogen and oxygen atoms in total. The average molecular weight is 384 g/mol. The Bertz CT molecular complexity index is 880. The summed E-state index contributed by atoms with van der Waals surface area (Å²) in [6.45, 7) is 6.03. The van der Waals surface area contributed by atoms with Crippen LogP contribution >= 0.6 is 11.3 Å². The van der Waals surface area contributed by atoms with Crippen molar-refractivity contribution < 1.29 is 14.6 Å². The third kappa shape index (κ3) is 4.87. The van der Waals surface area contributed by atoms with Gasteiger partial charge in [0.1, 0.15) is 11.4 Å². The predicted molar refractivity (Wildman–Crippen MR) is 110 cm³/mol. The van der Waals surface area contributed by atoms with Crippen molar-refractivity contribution in [3.8, 4) is 5.75 Å². The van der Waals surface area contributed by atoms with Gasteiger partial charge in [0.2, 0.25) is 0 Å². The molecule has 0 aliphatic heterocycles. The Morgan fingerprint density at radius 3 is 2.56 bits per heavy atom. The zero-order valence-electron chi connectivity index (χ0n) is 15.9. The van der Waals surface area contributed by atoms with Crippen LogP contribution in [0, 0.1) is 0 Å². The number of fused-ring (bicyclic) bond motifs is 1. The first-order chi connectivity index (χ1) is 12.8. The number of benzene rings is 2. The molecule has 0 aliphatic carbocycles. The highest BCUT2D eigenvalue weighted by Gasteiger charge is 2.26. The van der Waals surface area contributed by atoms with Gasteiger partial charge in [-0.3, -0.25) is 4.79 Å². The maximum absolute atomic E-state index is 12.1. The Balaban J connectivity index is 1.53. The van der Waals surface area contributed by atoms with Gasteiger partial charge in [-0.25, -0.2) is 0 Å². The Labute approximate surface area is 163 Å². The van der Waals surface area contributed by atoms with Crippen molar-refractivity contribution in [3.05, 3.63) is 65.0 Å². The molecule has 1 atom stereocenters. The van der Waals surface area contributed by atoms with Crippen LogP contribution in [0.4, 0.5) is 0 Å². The number of carbonyl (C=O) groups excluding carboxylic acids is 1. The highest BCUT2D eigenvalue weighted by atomic mass is 32.1. The summed E-state index contributed by atoms with van der Waals surface area (Å²) in [4.78, 5) is 12.9. The Hall–Kier alpha value is -2.37. The summed E-state index contributed by atoms with van der Waals surface area (Å²) in [5.74, 6) is 0.855. The summed E-state index contributed by atoms with van der Waals surface area (Å²) >= 11 is 1.54. The van der Waals surface area contributed by atoms with E-state index in [1.165, 1.54) is 16.9 Å².